The molecule has 0 bridgehead atoms. The molecule has 3 nitrogen and oxygen atoms in total. The highest BCUT2D eigenvalue weighted by Crippen LogP contribution is 1.89. The van der Waals surface area contributed by atoms with Crippen LogP contribution in [0.25, 0.3) is 0 Å². The van der Waals surface area contributed by atoms with E-state index in [1.165, 1.54) is 0 Å². The van der Waals surface area contributed by atoms with Crippen molar-refractivity contribution in [3.8, 4) is 0 Å². The van der Waals surface area contributed by atoms with E-state index in [1.807, 2.05) is 0 Å². The first-order valence-corrected chi connectivity index (χ1v) is 2.29. The Hall–Kier alpha value is -0.570. The van der Waals surface area contributed by atoms with E-state index in [2.05, 4.69) is 10.3 Å². The van der Waals surface area contributed by atoms with Crippen molar-refractivity contribution in [3.05, 3.63) is 0 Å². The van der Waals surface area contributed by atoms with Crippen LogP contribution in [0.15, 0.2) is 4.99 Å². The van der Waals surface area contributed by atoms with Crippen LogP contribution >= 0.6 is 0 Å². The molecular formula is C4H8N2O. The van der Waals surface area contributed by atoms with Gasteiger partial charge in [-0.15, -0.1) is 0 Å². The van der Waals surface area contributed by atoms with Crippen LogP contribution in [0.2, 0.25) is 0 Å². The standard InChI is InChI=1S/C4H8N2O/c7-2-4-1-5-3-6-4/h3-4,7H,1-2H2,(H,5,6). The number of hydrogen-bond acceptors (Lipinski definition) is 3. The number of aliphatic hydroxyl groups is 1. The highest BCUT2D eigenvalue weighted by atomic mass is 16.3. The van der Waals surface area contributed by atoms with Crippen molar-refractivity contribution in [2.45, 2.75) is 6.04 Å². The quantitative estimate of drug-likeness (QED) is 0.443. The van der Waals surface area contributed by atoms with Crippen LogP contribution in [0.5, 0.6) is 0 Å². The maximum atomic E-state index is 8.41. The maximum absolute atomic E-state index is 8.41. The molecule has 0 fully saturated rings. The summed E-state index contributed by atoms with van der Waals surface area (Å²) in [5.41, 5.74) is 0. The Balaban J connectivity index is 2.28. The van der Waals surface area contributed by atoms with Crippen molar-refractivity contribution < 1.29 is 5.11 Å². The summed E-state index contributed by atoms with van der Waals surface area (Å²) in [5, 5.41) is 11.3. The Labute approximate surface area is 42.1 Å². The lowest BCUT2D eigenvalue weighted by molar-refractivity contribution is 0.271. The molecule has 1 unspecified atom stereocenters. The largest absolute Gasteiger partial charge is 0.394 e. The van der Waals surface area contributed by atoms with E-state index in [1.54, 1.807) is 6.34 Å². The molecule has 0 aromatic rings. The molecule has 1 atom stereocenters. The van der Waals surface area contributed by atoms with Gasteiger partial charge in [0, 0.05) is 6.54 Å². The molecule has 0 aliphatic carbocycles. The average molecular weight is 100 g/mol. The van der Waals surface area contributed by atoms with Gasteiger partial charge in [-0.25, -0.2) is 0 Å². The fourth-order valence-corrected chi connectivity index (χ4v) is 0.511. The van der Waals surface area contributed by atoms with Gasteiger partial charge in [0.15, 0.2) is 0 Å². The summed E-state index contributed by atoms with van der Waals surface area (Å²) < 4.78 is 0. The molecule has 7 heavy (non-hydrogen) atoms. The fraction of sp³-hybridized carbons (Fsp3) is 0.750. The molecule has 0 aromatic carbocycles. The topological polar surface area (TPSA) is 44.6 Å². The minimum atomic E-state index is 0.111. The normalized spacial score (nSPS) is 27.9. The van der Waals surface area contributed by atoms with Gasteiger partial charge >= 0.3 is 0 Å². The lowest BCUT2D eigenvalue weighted by Gasteiger charge is -1.96. The van der Waals surface area contributed by atoms with Gasteiger partial charge in [0.1, 0.15) is 0 Å². The number of nitrogens with one attached hydrogen (secondary N) is 1. The summed E-state index contributed by atoms with van der Waals surface area (Å²) in [6.45, 7) is 0.944. The number of rotatable bonds is 1. The number of aliphatic imine (C=N–C) groups is 1. The van der Waals surface area contributed by atoms with Gasteiger partial charge in [-0.05, 0) is 0 Å². The second-order valence-corrected chi connectivity index (χ2v) is 1.52. The highest BCUT2D eigenvalue weighted by molar-refractivity contribution is 5.57. The Morgan fingerprint density at radius 1 is 2.00 bits per heavy atom. The monoisotopic (exact) mass is 100 g/mol. The summed E-state index contributed by atoms with van der Waals surface area (Å²) in [4.78, 5) is 3.87. The molecule has 1 heterocycles. The zero-order valence-corrected chi connectivity index (χ0v) is 3.96. The maximum Gasteiger partial charge on any atom is 0.0919 e. The van der Waals surface area contributed by atoms with Crippen molar-refractivity contribution >= 4 is 6.34 Å². The first kappa shape index (κ1) is 4.59. The van der Waals surface area contributed by atoms with Crippen LogP contribution in [0.3, 0.4) is 0 Å². The second kappa shape index (κ2) is 1.93. The molecule has 0 saturated heterocycles. The van der Waals surface area contributed by atoms with Gasteiger partial charge in [-0.2, -0.15) is 0 Å². The first-order chi connectivity index (χ1) is 3.43. The third-order valence-electron chi connectivity index (χ3n) is 0.941. The molecule has 0 aromatic heterocycles. The van der Waals surface area contributed by atoms with Gasteiger partial charge in [0.2, 0.25) is 0 Å². The predicted molar refractivity (Wildman–Crippen MR) is 27.4 cm³/mol. The molecular weight excluding hydrogens is 92.1 g/mol. The second-order valence-electron chi connectivity index (χ2n) is 1.52. The third-order valence-corrected chi connectivity index (χ3v) is 0.941. The Bertz CT molecular complexity index is 81.8. The van der Waals surface area contributed by atoms with Crippen LogP contribution in [0.4, 0.5) is 0 Å². The van der Waals surface area contributed by atoms with E-state index < -0.39 is 0 Å². The van der Waals surface area contributed by atoms with Gasteiger partial charge in [-0.1, -0.05) is 0 Å². The number of aliphatic hydroxyl groups excluding tert-OH is 1. The summed E-state index contributed by atoms with van der Waals surface area (Å²) in [6.07, 6.45) is 1.63. The van der Waals surface area contributed by atoms with Crippen molar-refractivity contribution in [2.24, 2.45) is 4.99 Å². The van der Waals surface area contributed by atoms with Crippen LogP contribution < -0.4 is 5.32 Å². The van der Waals surface area contributed by atoms with E-state index in [9.17, 15) is 0 Å². The van der Waals surface area contributed by atoms with Crippen molar-refractivity contribution in [1.82, 2.24) is 5.32 Å². The molecule has 0 radical (unpaired) electrons. The summed E-state index contributed by atoms with van der Waals surface area (Å²) >= 11 is 0. The van der Waals surface area contributed by atoms with Crippen molar-refractivity contribution in [3.63, 3.8) is 0 Å². The molecule has 1 rings (SSSR count). The van der Waals surface area contributed by atoms with E-state index in [0.717, 1.165) is 6.54 Å². The molecule has 0 saturated carbocycles. The average Bonchev–Trinajstić information content (AvgIpc) is 2.14. The predicted octanol–water partition coefficient (Wildman–Crippen LogP) is -1.02. The first-order valence-electron chi connectivity index (χ1n) is 2.29. The molecule has 2 N–H and O–H groups in total. The molecule has 0 spiro atoms. The Kier molecular flexibility index (Phi) is 1.26. The lowest BCUT2D eigenvalue weighted by Crippen LogP contribution is -2.18. The zero-order valence-electron chi connectivity index (χ0n) is 3.96. The molecule has 1 aliphatic rings. The van der Waals surface area contributed by atoms with Gasteiger partial charge < -0.3 is 10.4 Å². The van der Waals surface area contributed by atoms with Crippen LogP contribution in [-0.4, -0.2) is 30.6 Å². The van der Waals surface area contributed by atoms with Gasteiger partial charge in [-0.3, -0.25) is 4.99 Å². The molecule has 40 valence electrons. The fourth-order valence-electron chi connectivity index (χ4n) is 0.511. The van der Waals surface area contributed by atoms with E-state index in [0.29, 0.717) is 0 Å². The summed E-state index contributed by atoms with van der Waals surface area (Å²) in [6, 6.07) is 0.111. The smallest absolute Gasteiger partial charge is 0.0919 e. The number of nitrogens with zero attached hydrogens (tertiary/aromatic N) is 1. The third kappa shape index (κ3) is 0.899. The summed E-state index contributed by atoms with van der Waals surface area (Å²) in [5.74, 6) is 0. The van der Waals surface area contributed by atoms with E-state index in [-0.39, 0.29) is 12.6 Å². The van der Waals surface area contributed by atoms with Gasteiger partial charge in [0.25, 0.3) is 0 Å². The summed E-state index contributed by atoms with van der Waals surface area (Å²) in [7, 11) is 0. The lowest BCUT2D eigenvalue weighted by atomic mass is 10.3. The van der Waals surface area contributed by atoms with E-state index in [4.69, 9.17) is 5.11 Å². The molecule has 3 heteroatoms. The van der Waals surface area contributed by atoms with E-state index >= 15 is 0 Å². The van der Waals surface area contributed by atoms with Crippen molar-refractivity contribution in [1.29, 1.82) is 0 Å². The van der Waals surface area contributed by atoms with Crippen molar-refractivity contribution in [2.75, 3.05) is 13.2 Å². The Morgan fingerprint density at radius 2 is 2.86 bits per heavy atom. The highest BCUT2D eigenvalue weighted by Gasteiger charge is 2.05. The minimum Gasteiger partial charge on any atom is -0.394 e. The van der Waals surface area contributed by atoms with Crippen LogP contribution in [-0.2, 0) is 0 Å². The Morgan fingerprint density at radius 3 is 3.14 bits per heavy atom. The SMILES string of the molecule is OCC1CNC=N1. The van der Waals surface area contributed by atoms with Crippen LogP contribution in [0, 0.1) is 0 Å². The zero-order chi connectivity index (χ0) is 5.11. The van der Waals surface area contributed by atoms with Gasteiger partial charge in [0.05, 0.1) is 19.0 Å². The minimum absolute atomic E-state index is 0.111. The van der Waals surface area contributed by atoms with Crippen LogP contribution in [0.1, 0.15) is 0 Å². The molecule has 1 aliphatic heterocycles. The number of hydrogen-bond donors (Lipinski definition) is 2. The molecule has 0 amide bonds.